The lowest BCUT2D eigenvalue weighted by Crippen LogP contribution is -3.13. The number of nitro benzene ring substituents is 1. The second-order valence-corrected chi connectivity index (χ2v) is 8.11. The Bertz CT molecular complexity index is 912. The summed E-state index contributed by atoms with van der Waals surface area (Å²) in [6.45, 7) is 2.16. The molecule has 138 valence electrons. The zero-order valence-corrected chi connectivity index (χ0v) is 14.8. The molecule has 1 N–H and O–H groups in total. The van der Waals surface area contributed by atoms with Crippen molar-refractivity contribution in [2.45, 2.75) is 11.4 Å². The van der Waals surface area contributed by atoms with Crippen molar-refractivity contribution in [2.24, 2.45) is 0 Å². The van der Waals surface area contributed by atoms with Crippen molar-refractivity contribution in [1.29, 1.82) is 0 Å². The molecule has 0 spiro atoms. The monoisotopic (exact) mass is 380 g/mol. The Kier molecular flexibility index (Phi) is 5.30. The Labute approximate surface area is 150 Å². The summed E-state index contributed by atoms with van der Waals surface area (Å²) >= 11 is 0. The molecule has 2 aromatic rings. The zero-order valence-electron chi connectivity index (χ0n) is 14.0. The van der Waals surface area contributed by atoms with Crippen LogP contribution >= 0.6 is 0 Å². The average molecular weight is 380 g/mol. The Morgan fingerprint density at radius 3 is 2.46 bits per heavy atom. The molecule has 1 heterocycles. The second-order valence-electron chi connectivity index (χ2n) is 6.18. The normalized spacial score (nSPS) is 16.5. The summed E-state index contributed by atoms with van der Waals surface area (Å²) in [5, 5.41) is 10.9. The van der Waals surface area contributed by atoms with Gasteiger partial charge in [0.15, 0.2) is 0 Å². The van der Waals surface area contributed by atoms with Gasteiger partial charge in [-0.05, 0) is 12.1 Å². The number of nitro groups is 1. The molecule has 1 saturated heterocycles. The van der Waals surface area contributed by atoms with Crippen molar-refractivity contribution < 1.29 is 22.6 Å². The number of rotatable bonds is 5. The maximum Gasteiger partial charge on any atom is 0.270 e. The molecule has 3 rings (SSSR count). The van der Waals surface area contributed by atoms with E-state index in [1.54, 1.807) is 18.2 Å². The molecule has 0 amide bonds. The number of piperazine rings is 1. The van der Waals surface area contributed by atoms with Crippen molar-refractivity contribution in [1.82, 2.24) is 4.31 Å². The number of sulfonamides is 1. The standard InChI is InChI=1S/C17H18FN3O4S/c18-17-7-2-1-4-14(17)13-19-8-10-20(11-9-19)26(24,25)16-6-3-5-15(12-16)21(22)23/h1-7,12H,8-11,13H2/p+1. The highest BCUT2D eigenvalue weighted by Crippen LogP contribution is 2.21. The van der Waals surface area contributed by atoms with E-state index < -0.39 is 14.9 Å². The maximum absolute atomic E-state index is 13.8. The first-order valence-electron chi connectivity index (χ1n) is 8.19. The third-order valence-electron chi connectivity index (χ3n) is 4.49. The lowest BCUT2D eigenvalue weighted by Gasteiger charge is -2.31. The highest BCUT2D eigenvalue weighted by Gasteiger charge is 2.31. The van der Waals surface area contributed by atoms with Crippen LogP contribution in [0.2, 0.25) is 0 Å². The Morgan fingerprint density at radius 2 is 1.81 bits per heavy atom. The number of hydrogen-bond acceptors (Lipinski definition) is 4. The van der Waals surface area contributed by atoms with E-state index in [1.807, 2.05) is 0 Å². The molecule has 1 aliphatic heterocycles. The van der Waals surface area contributed by atoms with Gasteiger partial charge in [0.25, 0.3) is 5.69 Å². The molecular weight excluding hydrogens is 361 g/mol. The van der Waals surface area contributed by atoms with Crippen LogP contribution in [0.15, 0.2) is 53.4 Å². The first kappa shape index (κ1) is 18.4. The quantitative estimate of drug-likeness (QED) is 0.615. The highest BCUT2D eigenvalue weighted by molar-refractivity contribution is 7.89. The average Bonchev–Trinajstić information content (AvgIpc) is 2.64. The van der Waals surface area contributed by atoms with Gasteiger partial charge in [-0.1, -0.05) is 24.3 Å². The summed E-state index contributed by atoms with van der Waals surface area (Å²) in [6.07, 6.45) is 0. The lowest BCUT2D eigenvalue weighted by molar-refractivity contribution is -0.917. The fourth-order valence-electron chi connectivity index (χ4n) is 3.04. The summed E-state index contributed by atoms with van der Waals surface area (Å²) in [6, 6.07) is 11.6. The van der Waals surface area contributed by atoms with E-state index in [-0.39, 0.29) is 29.5 Å². The first-order valence-corrected chi connectivity index (χ1v) is 9.63. The van der Waals surface area contributed by atoms with Gasteiger partial charge >= 0.3 is 0 Å². The van der Waals surface area contributed by atoms with Gasteiger partial charge < -0.3 is 4.90 Å². The minimum atomic E-state index is -3.78. The Morgan fingerprint density at radius 1 is 1.12 bits per heavy atom. The number of quaternary nitrogens is 1. The summed E-state index contributed by atoms with van der Waals surface area (Å²) in [5.41, 5.74) is 0.354. The Balaban J connectivity index is 1.68. The van der Waals surface area contributed by atoms with Crippen molar-refractivity contribution in [3.05, 3.63) is 70.0 Å². The molecule has 9 heteroatoms. The molecule has 0 bridgehead atoms. The van der Waals surface area contributed by atoms with Crippen molar-refractivity contribution in [3.8, 4) is 0 Å². The fourth-order valence-corrected chi connectivity index (χ4v) is 4.52. The first-order chi connectivity index (χ1) is 12.4. The number of nitrogens with one attached hydrogen (secondary N) is 1. The molecule has 0 radical (unpaired) electrons. The van der Waals surface area contributed by atoms with Gasteiger partial charge in [0, 0.05) is 17.7 Å². The van der Waals surface area contributed by atoms with Crippen LogP contribution in [0.4, 0.5) is 10.1 Å². The topological polar surface area (TPSA) is 85.0 Å². The van der Waals surface area contributed by atoms with Crippen molar-refractivity contribution in [3.63, 3.8) is 0 Å². The van der Waals surface area contributed by atoms with Crippen LogP contribution in [0.25, 0.3) is 0 Å². The minimum Gasteiger partial charge on any atom is -0.329 e. The number of non-ortho nitro benzene ring substituents is 1. The van der Waals surface area contributed by atoms with Gasteiger partial charge in [-0.2, -0.15) is 4.31 Å². The molecule has 0 atom stereocenters. The molecule has 0 aromatic heterocycles. The van der Waals surface area contributed by atoms with Crippen LogP contribution in [0, 0.1) is 15.9 Å². The highest BCUT2D eigenvalue weighted by atomic mass is 32.2. The van der Waals surface area contributed by atoms with Gasteiger partial charge in [-0.15, -0.1) is 0 Å². The van der Waals surface area contributed by atoms with Crippen LogP contribution in [-0.2, 0) is 16.6 Å². The van der Waals surface area contributed by atoms with Crippen LogP contribution in [0.5, 0.6) is 0 Å². The maximum atomic E-state index is 13.8. The van der Waals surface area contributed by atoms with E-state index in [9.17, 15) is 22.9 Å². The SMILES string of the molecule is O=[N+]([O-])c1cccc(S(=O)(=O)N2CC[NH+](Cc3ccccc3F)CC2)c1. The largest absolute Gasteiger partial charge is 0.329 e. The minimum absolute atomic E-state index is 0.0794. The van der Waals surface area contributed by atoms with Gasteiger partial charge in [-0.25, -0.2) is 12.8 Å². The number of hydrogen-bond donors (Lipinski definition) is 1. The van der Waals surface area contributed by atoms with Crippen LogP contribution in [0.1, 0.15) is 5.56 Å². The summed E-state index contributed by atoms with van der Waals surface area (Å²) in [4.78, 5) is 11.3. The molecule has 1 aliphatic rings. The molecule has 7 nitrogen and oxygen atoms in total. The van der Waals surface area contributed by atoms with E-state index in [2.05, 4.69) is 0 Å². The Hall–Kier alpha value is -2.36. The van der Waals surface area contributed by atoms with E-state index in [0.29, 0.717) is 25.2 Å². The molecule has 2 aromatic carbocycles. The molecule has 26 heavy (non-hydrogen) atoms. The van der Waals surface area contributed by atoms with E-state index in [4.69, 9.17) is 0 Å². The van der Waals surface area contributed by atoms with Gasteiger partial charge in [0.1, 0.15) is 12.4 Å². The second kappa shape index (κ2) is 7.48. The summed E-state index contributed by atoms with van der Waals surface area (Å²) in [5.74, 6) is -0.258. The summed E-state index contributed by atoms with van der Waals surface area (Å²) in [7, 11) is -3.78. The van der Waals surface area contributed by atoms with E-state index in [1.165, 1.54) is 28.6 Å². The van der Waals surface area contributed by atoms with Crippen LogP contribution in [-0.4, -0.2) is 43.8 Å². The van der Waals surface area contributed by atoms with Gasteiger partial charge in [-0.3, -0.25) is 10.1 Å². The molecule has 0 unspecified atom stereocenters. The smallest absolute Gasteiger partial charge is 0.270 e. The van der Waals surface area contributed by atoms with E-state index >= 15 is 0 Å². The predicted molar refractivity (Wildman–Crippen MR) is 92.7 cm³/mol. The zero-order chi connectivity index (χ0) is 18.7. The molecule has 1 fully saturated rings. The van der Waals surface area contributed by atoms with Crippen LogP contribution < -0.4 is 4.90 Å². The third kappa shape index (κ3) is 3.90. The number of nitrogens with zero attached hydrogens (tertiary/aromatic N) is 2. The summed E-state index contributed by atoms with van der Waals surface area (Å²) < 4.78 is 40.5. The lowest BCUT2D eigenvalue weighted by atomic mass is 10.2. The molecule has 0 saturated carbocycles. The number of benzene rings is 2. The van der Waals surface area contributed by atoms with Crippen molar-refractivity contribution in [2.75, 3.05) is 26.2 Å². The van der Waals surface area contributed by atoms with Gasteiger partial charge in [0.2, 0.25) is 10.0 Å². The molecular formula is C17H19FN3O4S+. The fraction of sp³-hybridized carbons (Fsp3) is 0.294. The van der Waals surface area contributed by atoms with Crippen LogP contribution in [0.3, 0.4) is 0 Å². The third-order valence-corrected chi connectivity index (χ3v) is 6.39. The molecule has 0 aliphatic carbocycles. The predicted octanol–water partition coefficient (Wildman–Crippen LogP) is 0.823. The number of halogens is 1. The van der Waals surface area contributed by atoms with Gasteiger partial charge in [0.05, 0.1) is 36.0 Å². The van der Waals surface area contributed by atoms with Crippen molar-refractivity contribution >= 4 is 15.7 Å². The van der Waals surface area contributed by atoms with E-state index in [0.717, 1.165) is 11.0 Å².